The summed E-state index contributed by atoms with van der Waals surface area (Å²) in [5.74, 6) is 2.53. The number of aromatic nitrogens is 1. The number of benzene rings is 1. The van der Waals surface area contributed by atoms with Crippen molar-refractivity contribution in [3.8, 4) is 0 Å². The van der Waals surface area contributed by atoms with Crippen LogP contribution in [0.25, 0.3) is 10.9 Å². The second kappa shape index (κ2) is 4.56. The molecule has 2 heteroatoms. The van der Waals surface area contributed by atoms with E-state index < -0.39 is 0 Å². The highest BCUT2D eigenvalue weighted by Crippen LogP contribution is 2.52. The summed E-state index contributed by atoms with van der Waals surface area (Å²) in [6, 6.07) is 11.0. The van der Waals surface area contributed by atoms with E-state index in [0.29, 0.717) is 5.92 Å². The Labute approximate surface area is 120 Å². The summed E-state index contributed by atoms with van der Waals surface area (Å²) >= 11 is 0. The van der Waals surface area contributed by atoms with Crippen molar-refractivity contribution in [1.82, 2.24) is 4.98 Å². The molecule has 2 N–H and O–H groups in total. The number of fused-ring (bicyclic) bond motifs is 3. The van der Waals surface area contributed by atoms with Gasteiger partial charge in [-0.3, -0.25) is 4.98 Å². The summed E-state index contributed by atoms with van der Waals surface area (Å²) in [5, 5.41) is 1.21. The number of nitrogens with zero attached hydrogens (tertiary/aromatic N) is 1. The maximum absolute atomic E-state index is 6.59. The van der Waals surface area contributed by atoms with Crippen molar-refractivity contribution >= 4 is 10.9 Å². The predicted molar refractivity (Wildman–Crippen MR) is 82.3 cm³/mol. The lowest BCUT2D eigenvalue weighted by molar-refractivity contribution is 0.284. The molecule has 0 radical (unpaired) electrons. The summed E-state index contributed by atoms with van der Waals surface area (Å²) in [5.41, 5.74) is 10.0. The average molecular weight is 266 g/mol. The van der Waals surface area contributed by atoms with Gasteiger partial charge in [0.25, 0.3) is 0 Å². The first-order valence-electron chi connectivity index (χ1n) is 7.83. The standard InChI is InChI=1S/C18H22N2/c1-11-2-4-14-10-15(6-7-17(14)20-11)18(19)16-9-12-3-5-13(16)8-12/h2,4,6-7,10,12-13,16,18H,3,5,8-9,19H2,1H3. The maximum atomic E-state index is 6.59. The highest BCUT2D eigenvalue weighted by atomic mass is 14.7. The molecule has 0 spiro atoms. The molecule has 4 atom stereocenters. The lowest BCUT2D eigenvalue weighted by Gasteiger charge is -2.28. The molecule has 0 saturated heterocycles. The molecule has 2 saturated carbocycles. The predicted octanol–water partition coefficient (Wildman–Crippen LogP) is 3.98. The third-order valence-corrected chi connectivity index (χ3v) is 5.49. The summed E-state index contributed by atoms with van der Waals surface area (Å²) in [6.07, 6.45) is 5.61. The van der Waals surface area contributed by atoms with Gasteiger partial charge >= 0.3 is 0 Å². The Hall–Kier alpha value is -1.41. The minimum atomic E-state index is 0.205. The molecular weight excluding hydrogens is 244 g/mol. The Morgan fingerprint density at radius 2 is 2.05 bits per heavy atom. The lowest BCUT2D eigenvalue weighted by atomic mass is 9.81. The monoisotopic (exact) mass is 266 g/mol. The fourth-order valence-electron chi connectivity index (χ4n) is 4.43. The van der Waals surface area contributed by atoms with Crippen LogP contribution < -0.4 is 5.73 Å². The average Bonchev–Trinajstić information content (AvgIpc) is 3.08. The van der Waals surface area contributed by atoms with Gasteiger partial charge in [-0.2, -0.15) is 0 Å². The number of aryl methyl sites for hydroxylation is 1. The minimum absolute atomic E-state index is 0.205. The van der Waals surface area contributed by atoms with E-state index in [-0.39, 0.29) is 6.04 Å². The third-order valence-electron chi connectivity index (χ3n) is 5.49. The fraction of sp³-hybridized carbons (Fsp3) is 0.500. The van der Waals surface area contributed by atoms with Gasteiger partial charge in [-0.25, -0.2) is 0 Å². The van der Waals surface area contributed by atoms with E-state index in [1.807, 2.05) is 6.92 Å². The molecule has 2 fully saturated rings. The Morgan fingerprint density at radius 3 is 2.80 bits per heavy atom. The zero-order valence-electron chi connectivity index (χ0n) is 12.0. The zero-order chi connectivity index (χ0) is 13.7. The molecular formula is C18H22N2. The fourth-order valence-corrected chi connectivity index (χ4v) is 4.43. The Kier molecular flexibility index (Phi) is 2.81. The van der Waals surface area contributed by atoms with Gasteiger partial charge in [0.2, 0.25) is 0 Å². The summed E-state index contributed by atoms with van der Waals surface area (Å²) in [6.45, 7) is 2.04. The normalized spacial score (nSPS) is 30.0. The second-order valence-electron chi connectivity index (χ2n) is 6.77. The first kappa shape index (κ1) is 12.3. The van der Waals surface area contributed by atoms with Crippen molar-refractivity contribution in [3.63, 3.8) is 0 Å². The van der Waals surface area contributed by atoms with Crippen LogP contribution in [0.1, 0.15) is 43.0 Å². The molecule has 1 aromatic heterocycles. The smallest absolute Gasteiger partial charge is 0.0705 e. The second-order valence-corrected chi connectivity index (χ2v) is 6.77. The van der Waals surface area contributed by atoms with Crippen molar-refractivity contribution in [1.29, 1.82) is 0 Å². The lowest BCUT2D eigenvalue weighted by Crippen LogP contribution is -2.25. The van der Waals surface area contributed by atoms with E-state index in [1.54, 1.807) is 0 Å². The molecule has 1 aromatic carbocycles. The van der Waals surface area contributed by atoms with E-state index in [0.717, 1.165) is 23.0 Å². The van der Waals surface area contributed by atoms with Gasteiger partial charge < -0.3 is 5.73 Å². The SMILES string of the molecule is Cc1ccc2cc(C(N)C3CC4CCC3C4)ccc2n1. The van der Waals surface area contributed by atoms with Crippen LogP contribution in [0, 0.1) is 24.7 Å². The maximum Gasteiger partial charge on any atom is 0.0705 e. The molecule has 4 rings (SSSR count). The molecule has 0 amide bonds. The molecule has 2 aliphatic rings. The third kappa shape index (κ3) is 1.94. The van der Waals surface area contributed by atoms with Crippen LogP contribution in [0.15, 0.2) is 30.3 Å². The van der Waals surface area contributed by atoms with Crippen LogP contribution in [0.5, 0.6) is 0 Å². The van der Waals surface area contributed by atoms with E-state index in [1.165, 1.54) is 36.6 Å². The van der Waals surface area contributed by atoms with E-state index in [4.69, 9.17) is 5.73 Å². The van der Waals surface area contributed by atoms with Gasteiger partial charge in [0, 0.05) is 17.1 Å². The van der Waals surface area contributed by atoms with Gasteiger partial charge in [0.1, 0.15) is 0 Å². The number of hydrogen-bond donors (Lipinski definition) is 1. The summed E-state index contributed by atoms with van der Waals surface area (Å²) < 4.78 is 0. The molecule has 4 unspecified atom stereocenters. The van der Waals surface area contributed by atoms with Gasteiger partial charge in [-0.15, -0.1) is 0 Å². The van der Waals surface area contributed by atoms with Crippen LogP contribution in [0.2, 0.25) is 0 Å². The largest absolute Gasteiger partial charge is 0.324 e. The molecule has 2 aromatic rings. The van der Waals surface area contributed by atoms with Crippen molar-refractivity contribution < 1.29 is 0 Å². The minimum Gasteiger partial charge on any atom is -0.324 e. The molecule has 2 nitrogen and oxygen atoms in total. The van der Waals surface area contributed by atoms with Crippen LogP contribution in [-0.4, -0.2) is 4.98 Å². The van der Waals surface area contributed by atoms with Crippen LogP contribution >= 0.6 is 0 Å². The van der Waals surface area contributed by atoms with Crippen molar-refractivity contribution in [2.24, 2.45) is 23.5 Å². The number of pyridine rings is 1. The van der Waals surface area contributed by atoms with E-state index in [2.05, 4.69) is 35.3 Å². The van der Waals surface area contributed by atoms with Crippen LogP contribution in [0.4, 0.5) is 0 Å². The van der Waals surface area contributed by atoms with Crippen LogP contribution in [-0.2, 0) is 0 Å². The Morgan fingerprint density at radius 1 is 1.15 bits per heavy atom. The topological polar surface area (TPSA) is 38.9 Å². The van der Waals surface area contributed by atoms with Gasteiger partial charge in [0.05, 0.1) is 5.52 Å². The Balaban J connectivity index is 1.66. The number of rotatable bonds is 2. The first-order valence-corrected chi connectivity index (χ1v) is 7.83. The van der Waals surface area contributed by atoms with Gasteiger partial charge in [-0.05, 0) is 67.7 Å². The molecule has 20 heavy (non-hydrogen) atoms. The quantitative estimate of drug-likeness (QED) is 0.893. The van der Waals surface area contributed by atoms with E-state index in [9.17, 15) is 0 Å². The molecule has 0 aliphatic heterocycles. The summed E-state index contributed by atoms with van der Waals surface area (Å²) in [7, 11) is 0. The highest BCUT2D eigenvalue weighted by Gasteiger charge is 2.42. The Bertz CT molecular complexity index is 649. The number of nitrogens with two attached hydrogens (primary N) is 1. The molecule has 2 bridgehead atoms. The van der Waals surface area contributed by atoms with Crippen molar-refractivity contribution in [3.05, 3.63) is 41.6 Å². The highest BCUT2D eigenvalue weighted by molar-refractivity contribution is 5.79. The zero-order valence-corrected chi connectivity index (χ0v) is 12.0. The number of hydrogen-bond acceptors (Lipinski definition) is 2. The summed E-state index contributed by atoms with van der Waals surface area (Å²) in [4.78, 5) is 4.57. The van der Waals surface area contributed by atoms with Crippen molar-refractivity contribution in [2.45, 2.75) is 38.6 Å². The molecule has 104 valence electrons. The van der Waals surface area contributed by atoms with E-state index >= 15 is 0 Å². The van der Waals surface area contributed by atoms with Gasteiger partial charge in [0.15, 0.2) is 0 Å². The van der Waals surface area contributed by atoms with Crippen LogP contribution in [0.3, 0.4) is 0 Å². The molecule has 1 heterocycles. The van der Waals surface area contributed by atoms with Crippen molar-refractivity contribution in [2.75, 3.05) is 0 Å². The van der Waals surface area contributed by atoms with Gasteiger partial charge in [-0.1, -0.05) is 18.6 Å². The molecule has 2 aliphatic carbocycles. The first-order chi connectivity index (χ1) is 9.70.